The van der Waals surface area contributed by atoms with Crippen LogP contribution in [0.2, 0.25) is 0 Å². The largest absolute Gasteiger partial charge is 0.378 e. The highest BCUT2D eigenvalue weighted by atomic mass is 19.3. The fourth-order valence-electron chi connectivity index (χ4n) is 1.50. The van der Waals surface area contributed by atoms with Crippen molar-refractivity contribution in [1.29, 1.82) is 0 Å². The third kappa shape index (κ3) is 3.51. The lowest BCUT2D eigenvalue weighted by Crippen LogP contribution is -2.06. The molecule has 0 amide bonds. The van der Waals surface area contributed by atoms with Gasteiger partial charge in [-0.25, -0.2) is 13.2 Å². The number of rotatable bonds is 5. The molecule has 0 aliphatic carbocycles. The maximum Gasteiger partial charge on any atom is 0.257 e. The molecule has 0 saturated heterocycles. The van der Waals surface area contributed by atoms with Crippen LogP contribution in [0.4, 0.5) is 18.9 Å². The van der Waals surface area contributed by atoms with Gasteiger partial charge in [-0.15, -0.1) is 0 Å². The molecule has 0 spiro atoms. The van der Waals surface area contributed by atoms with Gasteiger partial charge in [-0.1, -0.05) is 12.1 Å². The zero-order valence-corrected chi connectivity index (χ0v) is 9.48. The van der Waals surface area contributed by atoms with Gasteiger partial charge in [-0.2, -0.15) is 5.10 Å². The Morgan fingerprint density at radius 3 is 2.61 bits per heavy atom. The minimum Gasteiger partial charge on any atom is -0.378 e. The second kappa shape index (κ2) is 5.57. The van der Waals surface area contributed by atoms with E-state index in [0.717, 1.165) is 5.56 Å². The molecule has 2 aromatic rings. The molecule has 1 heterocycles. The minimum absolute atomic E-state index is 0.288. The summed E-state index contributed by atoms with van der Waals surface area (Å²) in [6.07, 6.45) is 0.566. The summed E-state index contributed by atoms with van der Waals surface area (Å²) in [7, 11) is 0. The van der Waals surface area contributed by atoms with E-state index in [9.17, 15) is 13.2 Å². The number of aromatic nitrogens is 2. The van der Waals surface area contributed by atoms with Crippen LogP contribution in [0.5, 0.6) is 0 Å². The van der Waals surface area contributed by atoms with Gasteiger partial charge in [0.15, 0.2) is 0 Å². The molecule has 6 heteroatoms. The quantitative estimate of drug-likeness (QED) is 0.890. The van der Waals surface area contributed by atoms with E-state index in [-0.39, 0.29) is 5.82 Å². The third-order valence-electron chi connectivity index (χ3n) is 2.37. The smallest absolute Gasteiger partial charge is 0.257 e. The summed E-state index contributed by atoms with van der Waals surface area (Å²) in [5.74, 6) is -0.288. The van der Waals surface area contributed by atoms with Crippen LogP contribution in [-0.4, -0.2) is 16.2 Å². The Bertz CT molecular complexity index is 494. The average molecular weight is 255 g/mol. The SMILES string of the molecule is Fc1ccc(CNc2cnn(CC(F)F)c2)cc1. The summed E-state index contributed by atoms with van der Waals surface area (Å²) in [4.78, 5) is 0. The number of nitrogens with zero attached hydrogens (tertiary/aromatic N) is 2. The molecule has 0 atom stereocenters. The van der Waals surface area contributed by atoms with Gasteiger partial charge in [0.2, 0.25) is 0 Å². The molecule has 0 unspecified atom stereocenters. The molecule has 0 aliphatic heterocycles. The number of benzene rings is 1. The van der Waals surface area contributed by atoms with Gasteiger partial charge >= 0.3 is 0 Å². The summed E-state index contributed by atoms with van der Waals surface area (Å²) in [6, 6.07) is 6.06. The van der Waals surface area contributed by atoms with Crippen molar-refractivity contribution in [3.05, 3.63) is 48.0 Å². The van der Waals surface area contributed by atoms with Crippen LogP contribution >= 0.6 is 0 Å². The van der Waals surface area contributed by atoms with E-state index in [4.69, 9.17) is 0 Å². The molecule has 0 bridgehead atoms. The summed E-state index contributed by atoms with van der Waals surface area (Å²) in [5, 5.41) is 6.82. The van der Waals surface area contributed by atoms with Gasteiger partial charge in [-0.3, -0.25) is 4.68 Å². The first-order chi connectivity index (χ1) is 8.63. The number of alkyl halides is 2. The molecule has 3 nitrogen and oxygen atoms in total. The number of anilines is 1. The maximum atomic E-state index is 12.7. The molecule has 18 heavy (non-hydrogen) atoms. The first-order valence-corrected chi connectivity index (χ1v) is 5.42. The molecule has 0 fully saturated rings. The Morgan fingerprint density at radius 1 is 1.22 bits per heavy atom. The van der Waals surface area contributed by atoms with Crippen LogP contribution in [0.1, 0.15) is 5.56 Å². The van der Waals surface area contributed by atoms with Crippen molar-refractivity contribution in [2.24, 2.45) is 0 Å². The predicted octanol–water partition coefficient (Wildman–Crippen LogP) is 2.90. The fourth-order valence-corrected chi connectivity index (χ4v) is 1.50. The standard InChI is InChI=1S/C12H12F3N3/c13-10-3-1-9(2-4-10)5-16-11-6-17-18(7-11)8-12(14)15/h1-4,6-7,12,16H,5,8H2. The molecule has 1 N–H and O–H groups in total. The van der Waals surface area contributed by atoms with E-state index in [1.807, 2.05) is 0 Å². The molecular formula is C12H12F3N3. The van der Waals surface area contributed by atoms with E-state index < -0.39 is 13.0 Å². The van der Waals surface area contributed by atoms with Crippen molar-refractivity contribution in [1.82, 2.24) is 9.78 Å². The zero-order valence-electron chi connectivity index (χ0n) is 9.48. The topological polar surface area (TPSA) is 29.9 Å². The molecule has 1 aromatic heterocycles. The molecule has 96 valence electrons. The molecule has 0 saturated carbocycles. The summed E-state index contributed by atoms with van der Waals surface area (Å²) >= 11 is 0. The Hall–Kier alpha value is -1.98. The van der Waals surface area contributed by atoms with E-state index in [1.165, 1.54) is 29.2 Å². The van der Waals surface area contributed by atoms with Crippen LogP contribution in [-0.2, 0) is 13.1 Å². The number of nitrogens with one attached hydrogen (secondary N) is 1. The van der Waals surface area contributed by atoms with Gasteiger partial charge in [0, 0.05) is 12.7 Å². The van der Waals surface area contributed by atoms with Crippen LogP contribution in [0.3, 0.4) is 0 Å². The van der Waals surface area contributed by atoms with Gasteiger partial charge in [0.1, 0.15) is 12.4 Å². The van der Waals surface area contributed by atoms with E-state index >= 15 is 0 Å². The number of halogens is 3. The van der Waals surface area contributed by atoms with Crippen molar-refractivity contribution >= 4 is 5.69 Å². The maximum absolute atomic E-state index is 12.7. The highest BCUT2D eigenvalue weighted by Gasteiger charge is 2.05. The van der Waals surface area contributed by atoms with E-state index in [1.54, 1.807) is 12.1 Å². The second-order valence-electron chi connectivity index (χ2n) is 3.82. The summed E-state index contributed by atoms with van der Waals surface area (Å²) in [6.45, 7) is 0.0683. The number of hydrogen-bond donors (Lipinski definition) is 1. The highest BCUT2D eigenvalue weighted by Crippen LogP contribution is 2.10. The Morgan fingerprint density at radius 2 is 1.94 bits per heavy atom. The Labute approximate surface area is 102 Å². The molecule has 0 aliphatic rings. The predicted molar refractivity (Wildman–Crippen MR) is 62.0 cm³/mol. The van der Waals surface area contributed by atoms with Gasteiger partial charge in [0.05, 0.1) is 11.9 Å². The van der Waals surface area contributed by atoms with Crippen molar-refractivity contribution in [3.63, 3.8) is 0 Å². The van der Waals surface area contributed by atoms with Crippen LogP contribution in [0.15, 0.2) is 36.7 Å². The van der Waals surface area contributed by atoms with Crippen LogP contribution in [0, 0.1) is 5.82 Å². The van der Waals surface area contributed by atoms with Gasteiger partial charge in [-0.05, 0) is 17.7 Å². The lowest BCUT2D eigenvalue weighted by molar-refractivity contribution is 0.122. The molecular weight excluding hydrogens is 243 g/mol. The van der Waals surface area contributed by atoms with E-state index in [0.29, 0.717) is 12.2 Å². The highest BCUT2D eigenvalue weighted by molar-refractivity contribution is 5.39. The van der Waals surface area contributed by atoms with Crippen LogP contribution in [0.25, 0.3) is 0 Å². The van der Waals surface area contributed by atoms with E-state index in [2.05, 4.69) is 10.4 Å². The monoisotopic (exact) mass is 255 g/mol. The number of hydrogen-bond acceptors (Lipinski definition) is 2. The molecule has 1 aromatic carbocycles. The molecule has 0 radical (unpaired) electrons. The van der Waals surface area contributed by atoms with Crippen molar-refractivity contribution in [2.45, 2.75) is 19.5 Å². The Balaban J connectivity index is 1.90. The average Bonchev–Trinajstić information content (AvgIpc) is 2.75. The van der Waals surface area contributed by atoms with Crippen molar-refractivity contribution in [3.8, 4) is 0 Å². The van der Waals surface area contributed by atoms with Crippen LogP contribution < -0.4 is 5.32 Å². The Kier molecular flexibility index (Phi) is 3.86. The van der Waals surface area contributed by atoms with Crippen molar-refractivity contribution < 1.29 is 13.2 Å². The fraction of sp³-hybridized carbons (Fsp3) is 0.250. The normalized spacial score (nSPS) is 10.9. The first-order valence-electron chi connectivity index (χ1n) is 5.42. The minimum atomic E-state index is -2.42. The molecule has 2 rings (SSSR count). The summed E-state index contributed by atoms with van der Waals surface area (Å²) in [5.41, 5.74) is 1.55. The zero-order chi connectivity index (χ0) is 13.0. The third-order valence-corrected chi connectivity index (χ3v) is 2.37. The van der Waals surface area contributed by atoms with Gasteiger partial charge in [0.25, 0.3) is 6.43 Å². The summed E-state index contributed by atoms with van der Waals surface area (Å²) < 4.78 is 38.1. The van der Waals surface area contributed by atoms with Crippen molar-refractivity contribution in [2.75, 3.05) is 5.32 Å². The lowest BCUT2D eigenvalue weighted by atomic mass is 10.2. The lowest BCUT2D eigenvalue weighted by Gasteiger charge is -2.03. The van der Waals surface area contributed by atoms with Gasteiger partial charge < -0.3 is 5.32 Å². The first kappa shape index (κ1) is 12.5. The second-order valence-corrected chi connectivity index (χ2v) is 3.82.